The van der Waals surface area contributed by atoms with E-state index >= 15 is 0 Å². The Balaban J connectivity index is 2.13. The van der Waals surface area contributed by atoms with Crippen molar-refractivity contribution >= 4 is 27.1 Å². The molecule has 0 N–H and O–H groups in total. The smallest absolute Gasteiger partial charge is 0.253 e. The van der Waals surface area contributed by atoms with E-state index in [0.717, 1.165) is 10.7 Å². The number of aromatic nitrogens is 1. The standard InChI is InChI=1S/C15H18N2O3S2/c1-11-16-14(9-21-11)8-17(2)15(18)13-6-4-5-12(7-13)10-22(3,19)20/h4-7,9H,8,10H2,1-3H3. The maximum absolute atomic E-state index is 12.4. The van der Waals surface area contributed by atoms with Crippen LogP contribution in [0.4, 0.5) is 0 Å². The zero-order valence-corrected chi connectivity index (χ0v) is 14.4. The number of aryl methyl sites for hydroxylation is 1. The predicted octanol–water partition coefficient (Wildman–Crippen LogP) is 2.27. The fourth-order valence-corrected chi connectivity index (χ4v) is 3.50. The van der Waals surface area contributed by atoms with Crippen LogP contribution < -0.4 is 0 Å². The van der Waals surface area contributed by atoms with Gasteiger partial charge in [0.1, 0.15) is 0 Å². The molecule has 0 aliphatic heterocycles. The van der Waals surface area contributed by atoms with Gasteiger partial charge in [-0.2, -0.15) is 0 Å². The highest BCUT2D eigenvalue weighted by Crippen LogP contribution is 2.14. The molecule has 0 aliphatic rings. The number of amides is 1. The molecule has 118 valence electrons. The normalized spacial score (nSPS) is 11.4. The molecule has 7 heteroatoms. The van der Waals surface area contributed by atoms with Crippen LogP contribution in [0.5, 0.6) is 0 Å². The first-order valence-electron chi connectivity index (χ1n) is 6.68. The summed E-state index contributed by atoms with van der Waals surface area (Å²) in [6, 6.07) is 6.74. The van der Waals surface area contributed by atoms with Gasteiger partial charge in [0.05, 0.1) is 23.0 Å². The summed E-state index contributed by atoms with van der Waals surface area (Å²) in [6.07, 6.45) is 1.18. The summed E-state index contributed by atoms with van der Waals surface area (Å²) in [5.74, 6) is -0.218. The van der Waals surface area contributed by atoms with Gasteiger partial charge in [0.15, 0.2) is 9.84 Å². The molecule has 1 heterocycles. The van der Waals surface area contributed by atoms with E-state index in [4.69, 9.17) is 0 Å². The van der Waals surface area contributed by atoms with Gasteiger partial charge in [0.2, 0.25) is 0 Å². The van der Waals surface area contributed by atoms with Crippen molar-refractivity contribution in [3.05, 3.63) is 51.5 Å². The summed E-state index contributed by atoms with van der Waals surface area (Å²) in [4.78, 5) is 18.3. The van der Waals surface area contributed by atoms with Gasteiger partial charge < -0.3 is 4.90 Å². The number of carbonyl (C=O) groups is 1. The average molecular weight is 338 g/mol. The van der Waals surface area contributed by atoms with Crippen molar-refractivity contribution in [2.24, 2.45) is 0 Å². The lowest BCUT2D eigenvalue weighted by molar-refractivity contribution is 0.0783. The topological polar surface area (TPSA) is 67.3 Å². The van der Waals surface area contributed by atoms with Crippen molar-refractivity contribution < 1.29 is 13.2 Å². The van der Waals surface area contributed by atoms with E-state index in [1.54, 1.807) is 47.5 Å². The van der Waals surface area contributed by atoms with Gasteiger partial charge in [0.25, 0.3) is 5.91 Å². The second kappa shape index (κ2) is 6.58. The summed E-state index contributed by atoms with van der Waals surface area (Å²) < 4.78 is 22.7. The molecular weight excluding hydrogens is 320 g/mol. The van der Waals surface area contributed by atoms with Gasteiger partial charge in [-0.3, -0.25) is 4.79 Å². The highest BCUT2D eigenvalue weighted by molar-refractivity contribution is 7.89. The summed E-state index contributed by atoms with van der Waals surface area (Å²) >= 11 is 1.55. The molecule has 0 saturated heterocycles. The molecule has 0 spiro atoms. The Bertz CT molecular complexity index is 782. The Hall–Kier alpha value is -1.73. The molecule has 2 rings (SSSR count). The fraction of sp³-hybridized carbons (Fsp3) is 0.333. The second-order valence-corrected chi connectivity index (χ2v) is 8.49. The van der Waals surface area contributed by atoms with E-state index in [9.17, 15) is 13.2 Å². The molecule has 1 amide bonds. The molecule has 0 atom stereocenters. The Kier molecular flexibility index (Phi) is 4.97. The number of benzene rings is 1. The maximum atomic E-state index is 12.4. The van der Waals surface area contributed by atoms with E-state index in [0.29, 0.717) is 17.7 Å². The Morgan fingerprint density at radius 2 is 2.09 bits per heavy atom. The molecule has 22 heavy (non-hydrogen) atoms. The lowest BCUT2D eigenvalue weighted by Gasteiger charge is -2.16. The van der Waals surface area contributed by atoms with E-state index in [1.807, 2.05) is 12.3 Å². The number of sulfone groups is 1. The van der Waals surface area contributed by atoms with Crippen LogP contribution in [0.15, 0.2) is 29.6 Å². The van der Waals surface area contributed by atoms with Crippen LogP contribution in [0.1, 0.15) is 26.6 Å². The highest BCUT2D eigenvalue weighted by Gasteiger charge is 2.14. The Morgan fingerprint density at radius 3 is 2.68 bits per heavy atom. The Morgan fingerprint density at radius 1 is 1.36 bits per heavy atom. The van der Waals surface area contributed by atoms with Crippen molar-refractivity contribution in [3.63, 3.8) is 0 Å². The first-order chi connectivity index (χ1) is 10.2. The van der Waals surface area contributed by atoms with Crippen LogP contribution in [0, 0.1) is 6.92 Å². The molecule has 0 aliphatic carbocycles. The van der Waals surface area contributed by atoms with Crippen molar-refractivity contribution in [1.29, 1.82) is 0 Å². The van der Waals surface area contributed by atoms with Gasteiger partial charge in [-0.1, -0.05) is 12.1 Å². The molecule has 0 saturated carbocycles. The number of hydrogen-bond donors (Lipinski definition) is 0. The molecular formula is C15H18N2O3S2. The van der Waals surface area contributed by atoms with Crippen LogP contribution in [0.25, 0.3) is 0 Å². The van der Waals surface area contributed by atoms with Crippen molar-refractivity contribution in [3.8, 4) is 0 Å². The first-order valence-corrected chi connectivity index (χ1v) is 9.62. The molecule has 0 unspecified atom stereocenters. The molecule has 0 bridgehead atoms. The molecule has 1 aromatic carbocycles. The third-order valence-electron chi connectivity index (χ3n) is 3.02. The fourth-order valence-electron chi connectivity index (χ4n) is 2.11. The van der Waals surface area contributed by atoms with E-state index < -0.39 is 9.84 Å². The summed E-state index contributed by atoms with van der Waals surface area (Å²) in [5.41, 5.74) is 1.95. The average Bonchev–Trinajstić information content (AvgIpc) is 2.81. The van der Waals surface area contributed by atoms with Gasteiger partial charge in [0, 0.05) is 24.2 Å². The second-order valence-electron chi connectivity index (χ2n) is 5.29. The van der Waals surface area contributed by atoms with Gasteiger partial charge in [-0.15, -0.1) is 11.3 Å². The summed E-state index contributed by atoms with van der Waals surface area (Å²) in [7, 11) is -1.41. The minimum Gasteiger partial charge on any atom is -0.336 e. The molecule has 1 aromatic heterocycles. The molecule has 0 radical (unpaired) electrons. The van der Waals surface area contributed by atoms with Crippen LogP contribution in [-0.4, -0.2) is 37.5 Å². The monoisotopic (exact) mass is 338 g/mol. The largest absolute Gasteiger partial charge is 0.336 e. The maximum Gasteiger partial charge on any atom is 0.253 e. The van der Waals surface area contributed by atoms with E-state index in [-0.39, 0.29) is 11.7 Å². The minimum absolute atomic E-state index is 0.0664. The number of nitrogens with zero attached hydrogens (tertiary/aromatic N) is 2. The van der Waals surface area contributed by atoms with Crippen molar-refractivity contribution in [2.45, 2.75) is 19.2 Å². The number of hydrogen-bond acceptors (Lipinski definition) is 5. The third kappa shape index (κ3) is 4.64. The quantitative estimate of drug-likeness (QED) is 0.839. The lowest BCUT2D eigenvalue weighted by Crippen LogP contribution is -2.26. The van der Waals surface area contributed by atoms with Gasteiger partial charge in [-0.05, 0) is 24.6 Å². The van der Waals surface area contributed by atoms with Crippen LogP contribution in [0.3, 0.4) is 0 Å². The summed E-state index contributed by atoms with van der Waals surface area (Å²) in [6.45, 7) is 2.35. The van der Waals surface area contributed by atoms with E-state index in [1.165, 1.54) is 6.26 Å². The number of rotatable bonds is 5. The van der Waals surface area contributed by atoms with Crippen LogP contribution in [-0.2, 0) is 22.1 Å². The molecule has 5 nitrogen and oxygen atoms in total. The Labute approximate surface area is 134 Å². The van der Waals surface area contributed by atoms with E-state index in [2.05, 4.69) is 4.98 Å². The zero-order valence-electron chi connectivity index (χ0n) is 12.7. The lowest BCUT2D eigenvalue weighted by atomic mass is 10.1. The molecule has 2 aromatic rings. The van der Waals surface area contributed by atoms with Crippen LogP contribution >= 0.6 is 11.3 Å². The van der Waals surface area contributed by atoms with Gasteiger partial charge in [-0.25, -0.2) is 13.4 Å². The van der Waals surface area contributed by atoms with Crippen molar-refractivity contribution in [2.75, 3.05) is 13.3 Å². The predicted molar refractivity (Wildman–Crippen MR) is 87.6 cm³/mol. The zero-order chi connectivity index (χ0) is 16.3. The van der Waals surface area contributed by atoms with Crippen LogP contribution in [0.2, 0.25) is 0 Å². The first kappa shape index (κ1) is 16.6. The summed E-state index contributed by atoms with van der Waals surface area (Å²) in [5, 5.41) is 2.89. The highest BCUT2D eigenvalue weighted by atomic mass is 32.2. The van der Waals surface area contributed by atoms with Gasteiger partial charge >= 0.3 is 0 Å². The van der Waals surface area contributed by atoms with Crippen molar-refractivity contribution in [1.82, 2.24) is 9.88 Å². The number of carbonyl (C=O) groups excluding carboxylic acids is 1. The number of thiazole rings is 1. The SMILES string of the molecule is Cc1nc(CN(C)C(=O)c2cccc(CS(C)(=O)=O)c2)cs1. The minimum atomic E-state index is -3.12. The molecule has 0 fully saturated rings. The third-order valence-corrected chi connectivity index (χ3v) is 4.70.